The largest absolute Gasteiger partial charge is 0.395 e. The van der Waals surface area contributed by atoms with Crippen LogP contribution >= 0.6 is 0 Å². The Labute approximate surface area is 124 Å². The molecule has 2 heterocycles. The Morgan fingerprint density at radius 3 is 2.86 bits per heavy atom. The van der Waals surface area contributed by atoms with Gasteiger partial charge in [0.05, 0.1) is 30.7 Å². The number of nitrogens with one attached hydrogen (secondary N) is 1. The number of hydrogen-bond acceptors (Lipinski definition) is 5. The molecule has 1 aromatic rings. The Hall–Kier alpha value is -1.60. The van der Waals surface area contributed by atoms with Crippen LogP contribution in [0.2, 0.25) is 0 Å². The summed E-state index contributed by atoms with van der Waals surface area (Å²) in [6.45, 7) is 3.70. The first-order chi connectivity index (χ1) is 10.2. The zero-order chi connectivity index (χ0) is 15.2. The van der Waals surface area contributed by atoms with Crippen LogP contribution in [0.5, 0.6) is 0 Å². The summed E-state index contributed by atoms with van der Waals surface area (Å²) in [5.41, 5.74) is 7.63. The Bertz CT molecular complexity index is 467. The van der Waals surface area contributed by atoms with Gasteiger partial charge < -0.3 is 20.5 Å². The molecule has 0 bridgehead atoms. The Balaban J connectivity index is 1.93. The van der Waals surface area contributed by atoms with E-state index in [2.05, 4.69) is 17.1 Å². The Morgan fingerprint density at radius 2 is 2.24 bits per heavy atom. The van der Waals surface area contributed by atoms with E-state index in [4.69, 9.17) is 15.6 Å². The fourth-order valence-electron chi connectivity index (χ4n) is 2.59. The number of aliphatic hydroxyl groups is 1. The first-order valence-electron chi connectivity index (χ1n) is 7.51. The number of ether oxygens (including phenoxy) is 1. The van der Waals surface area contributed by atoms with E-state index in [1.54, 1.807) is 4.90 Å². The van der Waals surface area contributed by atoms with Crippen LogP contribution in [0.3, 0.4) is 0 Å². The van der Waals surface area contributed by atoms with Crippen LogP contribution in [-0.4, -0.2) is 58.5 Å². The molecule has 0 aliphatic carbocycles. The van der Waals surface area contributed by atoms with E-state index in [1.807, 2.05) is 0 Å². The van der Waals surface area contributed by atoms with Crippen LogP contribution in [0.1, 0.15) is 42.4 Å². The number of likely N-dealkylation sites (tertiary alicyclic amines) is 1. The summed E-state index contributed by atoms with van der Waals surface area (Å²) >= 11 is 0. The summed E-state index contributed by atoms with van der Waals surface area (Å²) < 4.78 is 5.49. The number of H-pyrrole nitrogens is 1. The summed E-state index contributed by atoms with van der Waals surface area (Å²) in [6.07, 6.45) is 3.42. The van der Waals surface area contributed by atoms with Gasteiger partial charge in [0.1, 0.15) is 0 Å². The second-order valence-electron chi connectivity index (χ2n) is 5.30. The predicted molar refractivity (Wildman–Crippen MR) is 79.0 cm³/mol. The molecule has 0 saturated carbocycles. The molecule has 1 fully saturated rings. The topological polar surface area (TPSA) is 104 Å². The van der Waals surface area contributed by atoms with E-state index >= 15 is 0 Å². The molecule has 1 aliphatic rings. The number of aryl methyl sites for hydroxylation is 1. The number of aliphatic hydroxyl groups excluding tert-OH is 1. The molecule has 7 nitrogen and oxygen atoms in total. The van der Waals surface area contributed by atoms with Gasteiger partial charge in [-0.05, 0) is 19.3 Å². The standard InChI is InChI=1S/C14H24N4O3/c1-2-3-11-12(15)13(17-16-11)14(20)18-6-4-10(5-7-18)21-9-8-19/h10,19H,2-9,15H2,1H3,(H,16,17). The van der Waals surface area contributed by atoms with Gasteiger partial charge >= 0.3 is 0 Å². The van der Waals surface area contributed by atoms with Gasteiger partial charge in [-0.2, -0.15) is 5.10 Å². The molecule has 0 atom stereocenters. The van der Waals surface area contributed by atoms with E-state index in [9.17, 15) is 4.79 Å². The Kier molecular flexibility index (Phi) is 5.58. The van der Waals surface area contributed by atoms with Crippen LogP contribution < -0.4 is 5.73 Å². The molecule has 2 rings (SSSR count). The van der Waals surface area contributed by atoms with Crippen molar-refractivity contribution in [3.8, 4) is 0 Å². The van der Waals surface area contributed by atoms with Gasteiger partial charge in [0.25, 0.3) is 5.91 Å². The van der Waals surface area contributed by atoms with Crippen molar-refractivity contribution in [2.24, 2.45) is 0 Å². The highest BCUT2D eigenvalue weighted by Gasteiger charge is 2.27. The molecule has 0 aromatic carbocycles. The van der Waals surface area contributed by atoms with E-state index in [0.717, 1.165) is 31.4 Å². The summed E-state index contributed by atoms with van der Waals surface area (Å²) in [7, 11) is 0. The quantitative estimate of drug-likeness (QED) is 0.711. The molecule has 1 aliphatic heterocycles. The molecular weight excluding hydrogens is 272 g/mol. The number of rotatable bonds is 6. The maximum atomic E-state index is 12.4. The van der Waals surface area contributed by atoms with Crippen LogP contribution in [0.25, 0.3) is 0 Å². The second kappa shape index (κ2) is 7.42. The van der Waals surface area contributed by atoms with Gasteiger partial charge in [-0.3, -0.25) is 9.89 Å². The van der Waals surface area contributed by atoms with Crippen molar-refractivity contribution in [1.29, 1.82) is 0 Å². The SMILES string of the molecule is CCCc1[nH]nc(C(=O)N2CCC(OCCO)CC2)c1N. The minimum Gasteiger partial charge on any atom is -0.395 e. The van der Waals surface area contributed by atoms with Crippen LogP contribution in [0.15, 0.2) is 0 Å². The molecule has 4 N–H and O–H groups in total. The number of nitrogen functional groups attached to an aromatic ring is 1. The first-order valence-corrected chi connectivity index (χ1v) is 7.51. The lowest BCUT2D eigenvalue weighted by atomic mass is 10.1. The summed E-state index contributed by atoms with van der Waals surface area (Å²) in [5, 5.41) is 15.7. The van der Waals surface area contributed by atoms with Crippen molar-refractivity contribution < 1.29 is 14.6 Å². The van der Waals surface area contributed by atoms with Crippen molar-refractivity contribution in [1.82, 2.24) is 15.1 Å². The average Bonchev–Trinajstić information content (AvgIpc) is 2.87. The third-order valence-electron chi connectivity index (χ3n) is 3.76. The number of aromatic nitrogens is 2. The number of anilines is 1. The van der Waals surface area contributed by atoms with Gasteiger partial charge in [0.15, 0.2) is 5.69 Å². The van der Waals surface area contributed by atoms with E-state index in [-0.39, 0.29) is 18.6 Å². The molecule has 21 heavy (non-hydrogen) atoms. The van der Waals surface area contributed by atoms with E-state index < -0.39 is 0 Å². The molecule has 7 heteroatoms. The maximum Gasteiger partial charge on any atom is 0.276 e. The maximum absolute atomic E-state index is 12.4. The smallest absolute Gasteiger partial charge is 0.276 e. The van der Waals surface area contributed by atoms with Crippen molar-refractivity contribution in [2.45, 2.75) is 38.7 Å². The van der Waals surface area contributed by atoms with Crippen LogP contribution in [0.4, 0.5) is 5.69 Å². The summed E-state index contributed by atoms with van der Waals surface area (Å²) in [5.74, 6) is -0.119. The second-order valence-corrected chi connectivity index (χ2v) is 5.30. The zero-order valence-corrected chi connectivity index (χ0v) is 12.5. The number of hydrogen-bond donors (Lipinski definition) is 3. The van der Waals surface area contributed by atoms with Crippen LogP contribution in [-0.2, 0) is 11.2 Å². The fourth-order valence-corrected chi connectivity index (χ4v) is 2.59. The number of amides is 1. The van der Waals surface area contributed by atoms with Crippen molar-refractivity contribution >= 4 is 11.6 Å². The minimum atomic E-state index is -0.119. The zero-order valence-electron chi connectivity index (χ0n) is 12.5. The summed E-state index contributed by atoms with van der Waals surface area (Å²) in [4.78, 5) is 14.2. The average molecular weight is 296 g/mol. The number of aromatic amines is 1. The first kappa shape index (κ1) is 15.8. The monoisotopic (exact) mass is 296 g/mol. The van der Waals surface area contributed by atoms with Gasteiger partial charge in [0.2, 0.25) is 0 Å². The molecule has 1 saturated heterocycles. The highest BCUT2D eigenvalue weighted by atomic mass is 16.5. The lowest BCUT2D eigenvalue weighted by Crippen LogP contribution is -2.41. The minimum absolute atomic E-state index is 0.0309. The molecule has 0 radical (unpaired) electrons. The molecule has 1 amide bonds. The predicted octanol–water partition coefficient (Wildman–Crippen LogP) is 0.558. The van der Waals surface area contributed by atoms with Gasteiger partial charge in [-0.1, -0.05) is 13.3 Å². The molecule has 1 aromatic heterocycles. The van der Waals surface area contributed by atoms with Gasteiger partial charge in [0, 0.05) is 13.1 Å². The highest BCUT2D eigenvalue weighted by molar-refractivity contribution is 5.97. The normalized spacial score (nSPS) is 16.4. The van der Waals surface area contributed by atoms with E-state index in [0.29, 0.717) is 31.1 Å². The van der Waals surface area contributed by atoms with Crippen molar-refractivity contribution in [3.05, 3.63) is 11.4 Å². The van der Waals surface area contributed by atoms with E-state index in [1.165, 1.54) is 0 Å². The molecule has 0 unspecified atom stereocenters. The van der Waals surface area contributed by atoms with Crippen LogP contribution in [0, 0.1) is 0 Å². The number of nitrogens with two attached hydrogens (primary N) is 1. The van der Waals surface area contributed by atoms with Gasteiger partial charge in [-0.15, -0.1) is 0 Å². The number of nitrogens with zero attached hydrogens (tertiary/aromatic N) is 2. The Morgan fingerprint density at radius 1 is 1.52 bits per heavy atom. The fraction of sp³-hybridized carbons (Fsp3) is 0.714. The summed E-state index contributed by atoms with van der Waals surface area (Å²) in [6, 6.07) is 0. The molecule has 0 spiro atoms. The number of piperidine rings is 1. The van der Waals surface area contributed by atoms with Gasteiger partial charge in [-0.25, -0.2) is 0 Å². The number of carbonyl (C=O) groups is 1. The number of carbonyl (C=O) groups excluding carboxylic acids is 1. The lowest BCUT2D eigenvalue weighted by molar-refractivity contribution is -0.00562. The third-order valence-corrected chi connectivity index (χ3v) is 3.76. The van der Waals surface area contributed by atoms with Crippen molar-refractivity contribution in [2.75, 3.05) is 32.0 Å². The van der Waals surface area contributed by atoms with Crippen molar-refractivity contribution in [3.63, 3.8) is 0 Å². The molecular formula is C14H24N4O3. The third kappa shape index (κ3) is 3.74. The highest BCUT2D eigenvalue weighted by Crippen LogP contribution is 2.20. The lowest BCUT2D eigenvalue weighted by Gasteiger charge is -2.31. The molecule has 118 valence electrons.